The van der Waals surface area contributed by atoms with Crippen LogP contribution in [0.5, 0.6) is 11.5 Å². The van der Waals surface area contributed by atoms with E-state index in [1.807, 2.05) is 50.2 Å². The van der Waals surface area contributed by atoms with Crippen molar-refractivity contribution < 1.29 is 22.7 Å². The van der Waals surface area contributed by atoms with Crippen LogP contribution in [-0.2, 0) is 14.8 Å². The number of methoxy groups -OCH3 is 2. The second-order valence-electron chi connectivity index (χ2n) is 9.04. The van der Waals surface area contributed by atoms with Gasteiger partial charge in [-0.3, -0.25) is 9.10 Å². The molecule has 0 aliphatic carbocycles. The van der Waals surface area contributed by atoms with Gasteiger partial charge in [0.05, 0.1) is 25.6 Å². The monoisotopic (exact) mass is 523 g/mol. The van der Waals surface area contributed by atoms with Crippen LogP contribution in [0.4, 0.5) is 11.4 Å². The first-order valence-corrected chi connectivity index (χ1v) is 13.6. The molecule has 0 saturated carbocycles. The highest BCUT2D eigenvalue weighted by Crippen LogP contribution is 2.32. The number of aryl methyl sites for hydroxylation is 2. The molecule has 0 spiro atoms. The molecule has 4 rings (SSSR count). The van der Waals surface area contributed by atoms with Gasteiger partial charge in [0.25, 0.3) is 10.0 Å². The molecule has 1 fully saturated rings. The van der Waals surface area contributed by atoms with Crippen LogP contribution in [0.2, 0.25) is 0 Å². The topological polar surface area (TPSA) is 79.4 Å². The van der Waals surface area contributed by atoms with Crippen molar-refractivity contribution in [2.75, 3.05) is 56.1 Å². The van der Waals surface area contributed by atoms with Crippen molar-refractivity contribution in [2.24, 2.45) is 0 Å². The number of hydrogen-bond donors (Lipinski definition) is 0. The second kappa shape index (κ2) is 11.1. The van der Waals surface area contributed by atoms with E-state index in [0.29, 0.717) is 31.9 Å². The van der Waals surface area contributed by atoms with E-state index >= 15 is 0 Å². The lowest BCUT2D eigenvalue weighted by atomic mass is 10.2. The molecule has 8 nitrogen and oxygen atoms in total. The summed E-state index contributed by atoms with van der Waals surface area (Å²) in [6.45, 7) is 5.64. The molecule has 1 aliphatic rings. The summed E-state index contributed by atoms with van der Waals surface area (Å²) in [4.78, 5) is 17.4. The third-order valence-corrected chi connectivity index (χ3v) is 8.34. The van der Waals surface area contributed by atoms with Gasteiger partial charge >= 0.3 is 0 Å². The Labute approximate surface area is 219 Å². The van der Waals surface area contributed by atoms with E-state index in [1.165, 1.54) is 11.4 Å². The summed E-state index contributed by atoms with van der Waals surface area (Å²) in [6, 6.07) is 19.9. The number of rotatable bonds is 8. The summed E-state index contributed by atoms with van der Waals surface area (Å²) in [5.74, 6) is 0.766. The predicted molar refractivity (Wildman–Crippen MR) is 145 cm³/mol. The third-order valence-electron chi connectivity index (χ3n) is 6.55. The molecular formula is C28H33N3O5S. The fourth-order valence-electron chi connectivity index (χ4n) is 4.44. The lowest BCUT2D eigenvalue weighted by Gasteiger charge is -2.37. The highest BCUT2D eigenvalue weighted by molar-refractivity contribution is 7.93. The highest BCUT2D eigenvalue weighted by atomic mass is 32.2. The van der Waals surface area contributed by atoms with Gasteiger partial charge in [-0.2, -0.15) is 0 Å². The molecule has 0 unspecified atom stereocenters. The van der Waals surface area contributed by atoms with E-state index in [9.17, 15) is 13.2 Å². The summed E-state index contributed by atoms with van der Waals surface area (Å²) in [5, 5.41) is 0. The molecule has 9 heteroatoms. The largest absolute Gasteiger partial charge is 0.495 e. The van der Waals surface area contributed by atoms with Crippen LogP contribution < -0.4 is 18.7 Å². The molecule has 196 valence electrons. The molecular weight excluding hydrogens is 490 g/mol. The number of carbonyl (C=O) groups excluding carboxylic acids is 1. The zero-order valence-electron chi connectivity index (χ0n) is 21.7. The maximum absolute atomic E-state index is 13.9. The third kappa shape index (κ3) is 5.67. The molecule has 0 bridgehead atoms. The molecule has 1 saturated heterocycles. The van der Waals surface area contributed by atoms with Crippen LogP contribution in [0, 0.1) is 13.8 Å². The van der Waals surface area contributed by atoms with Crippen molar-refractivity contribution in [3.63, 3.8) is 0 Å². The van der Waals surface area contributed by atoms with Gasteiger partial charge in [0.15, 0.2) is 0 Å². The van der Waals surface area contributed by atoms with Crippen molar-refractivity contribution in [3.05, 3.63) is 77.9 Å². The molecule has 1 heterocycles. The number of hydrogen-bond acceptors (Lipinski definition) is 6. The molecule has 1 aliphatic heterocycles. The Morgan fingerprint density at radius 2 is 1.46 bits per heavy atom. The van der Waals surface area contributed by atoms with Gasteiger partial charge < -0.3 is 19.3 Å². The molecule has 0 radical (unpaired) electrons. The van der Waals surface area contributed by atoms with Crippen LogP contribution in [0.1, 0.15) is 11.1 Å². The summed E-state index contributed by atoms with van der Waals surface area (Å²) in [6.07, 6.45) is 0. The van der Waals surface area contributed by atoms with Gasteiger partial charge in [0.2, 0.25) is 5.91 Å². The van der Waals surface area contributed by atoms with E-state index in [-0.39, 0.29) is 23.1 Å². The number of amides is 1. The van der Waals surface area contributed by atoms with Gasteiger partial charge in [-0.1, -0.05) is 35.9 Å². The fourth-order valence-corrected chi connectivity index (χ4v) is 6.10. The number of para-hydroxylation sites is 2. The van der Waals surface area contributed by atoms with E-state index in [4.69, 9.17) is 9.47 Å². The number of sulfonamides is 1. The number of benzene rings is 3. The molecule has 37 heavy (non-hydrogen) atoms. The Bertz CT molecular complexity index is 1350. The quantitative estimate of drug-likeness (QED) is 0.446. The van der Waals surface area contributed by atoms with Crippen LogP contribution in [0.3, 0.4) is 0 Å². The zero-order chi connectivity index (χ0) is 26.6. The summed E-state index contributed by atoms with van der Waals surface area (Å²) >= 11 is 0. The minimum Gasteiger partial charge on any atom is -0.495 e. The number of anilines is 2. The first kappa shape index (κ1) is 26.3. The van der Waals surface area contributed by atoms with Gasteiger partial charge in [0.1, 0.15) is 22.9 Å². The zero-order valence-corrected chi connectivity index (χ0v) is 22.5. The van der Waals surface area contributed by atoms with Crippen molar-refractivity contribution in [1.82, 2.24) is 4.90 Å². The maximum atomic E-state index is 13.9. The van der Waals surface area contributed by atoms with Gasteiger partial charge in [-0.25, -0.2) is 8.42 Å². The van der Waals surface area contributed by atoms with Crippen LogP contribution in [-0.4, -0.2) is 66.2 Å². The Morgan fingerprint density at radius 1 is 0.838 bits per heavy atom. The summed E-state index contributed by atoms with van der Waals surface area (Å²) < 4.78 is 39.9. The summed E-state index contributed by atoms with van der Waals surface area (Å²) in [7, 11) is -1.02. The van der Waals surface area contributed by atoms with E-state index in [2.05, 4.69) is 4.90 Å². The van der Waals surface area contributed by atoms with Crippen LogP contribution in [0.15, 0.2) is 71.6 Å². The van der Waals surface area contributed by atoms with E-state index in [0.717, 1.165) is 22.6 Å². The normalized spacial score (nSPS) is 13.8. The van der Waals surface area contributed by atoms with Crippen molar-refractivity contribution in [1.29, 1.82) is 0 Å². The second-order valence-corrected chi connectivity index (χ2v) is 10.9. The predicted octanol–water partition coefficient (Wildman–Crippen LogP) is 3.86. The van der Waals surface area contributed by atoms with Crippen LogP contribution in [0.25, 0.3) is 0 Å². The maximum Gasteiger partial charge on any atom is 0.268 e. The lowest BCUT2D eigenvalue weighted by molar-refractivity contribution is -0.129. The molecule has 0 aromatic heterocycles. The summed E-state index contributed by atoms with van der Waals surface area (Å²) in [5.41, 5.74) is 3.18. The van der Waals surface area contributed by atoms with Crippen LogP contribution >= 0.6 is 0 Å². The molecule has 0 N–H and O–H groups in total. The first-order valence-electron chi connectivity index (χ1n) is 12.1. The SMILES string of the molecule is COc1ccccc1N1CCN(C(=O)CN(c2ccc(C)cc2)S(=O)(=O)c2cc(C)ccc2OC)CC1. The van der Waals surface area contributed by atoms with E-state index < -0.39 is 10.0 Å². The van der Waals surface area contributed by atoms with E-state index in [1.54, 1.807) is 42.3 Å². The Hall–Kier alpha value is -3.72. The average Bonchev–Trinajstić information content (AvgIpc) is 2.92. The molecule has 3 aromatic rings. The number of ether oxygens (including phenoxy) is 2. The number of nitrogens with zero attached hydrogens (tertiary/aromatic N) is 3. The standard InChI is InChI=1S/C28H33N3O5S/c1-21-9-12-23(13-10-21)31(37(33,34)27-19-22(2)11-14-26(27)36-4)20-28(32)30-17-15-29(16-18-30)24-7-5-6-8-25(24)35-3/h5-14,19H,15-18,20H2,1-4H3. The van der Waals surface area contributed by atoms with Gasteiger partial charge in [-0.05, 0) is 55.8 Å². The molecule has 1 amide bonds. The number of carbonyl (C=O) groups is 1. The minimum absolute atomic E-state index is 0.0318. The van der Waals surface area contributed by atoms with Crippen molar-refractivity contribution in [3.8, 4) is 11.5 Å². The fraction of sp³-hybridized carbons (Fsp3) is 0.321. The Morgan fingerprint density at radius 3 is 2.11 bits per heavy atom. The number of piperazine rings is 1. The van der Waals surface area contributed by atoms with Crippen molar-refractivity contribution >= 4 is 27.3 Å². The van der Waals surface area contributed by atoms with Gasteiger partial charge in [-0.15, -0.1) is 0 Å². The van der Waals surface area contributed by atoms with Crippen molar-refractivity contribution in [2.45, 2.75) is 18.7 Å². The molecule has 0 atom stereocenters. The molecule has 3 aromatic carbocycles. The Kier molecular flexibility index (Phi) is 7.92. The highest BCUT2D eigenvalue weighted by Gasteiger charge is 2.32. The van der Waals surface area contributed by atoms with Gasteiger partial charge in [0, 0.05) is 26.2 Å². The average molecular weight is 524 g/mol. The minimum atomic E-state index is -4.09. The smallest absolute Gasteiger partial charge is 0.268 e. The first-order chi connectivity index (χ1) is 17.7. The lowest BCUT2D eigenvalue weighted by Crippen LogP contribution is -2.52. The Balaban J connectivity index is 1.58.